The van der Waals surface area contributed by atoms with Gasteiger partial charge in [0.15, 0.2) is 6.10 Å². The summed E-state index contributed by atoms with van der Waals surface area (Å²) in [7, 11) is 0. The monoisotopic (exact) mass is 357 g/mol. The molecule has 2 aromatic rings. The van der Waals surface area contributed by atoms with E-state index < -0.39 is 6.10 Å². The minimum absolute atomic E-state index is 0.0583. The second kappa shape index (κ2) is 7.92. The summed E-state index contributed by atoms with van der Waals surface area (Å²) in [5, 5.41) is 3.54. The molecule has 1 aliphatic rings. The molecule has 2 atom stereocenters. The van der Waals surface area contributed by atoms with Crippen LogP contribution in [0.5, 0.6) is 5.75 Å². The third kappa shape index (κ3) is 4.35. The lowest BCUT2D eigenvalue weighted by molar-refractivity contribution is -0.127. The van der Waals surface area contributed by atoms with Gasteiger partial charge in [-0.05, 0) is 68.4 Å². The first-order valence-corrected chi connectivity index (χ1v) is 9.25. The van der Waals surface area contributed by atoms with Gasteiger partial charge >= 0.3 is 0 Å². The maximum Gasteiger partial charge on any atom is 0.261 e. The van der Waals surface area contributed by atoms with Crippen LogP contribution in [0.3, 0.4) is 0 Å². The molecule has 0 unspecified atom stereocenters. The Morgan fingerprint density at radius 1 is 1.08 bits per heavy atom. The summed E-state index contributed by atoms with van der Waals surface area (Å²) in [5.74, 6) is 0.374. The predicted molar refractivity (Wildman–Crippen MR) is 101 cm³/mol. The Labute approximate surface area is 154 Å². The van der Waals surface area contributed by atoms with E-state index in [0.29, 0.717) is 10.8 Å². The van der Waals surface area contributed by atoms with E-state index in [-0.39, 0.29) is 11.9 Å². The average molecular weight is 358 g/mol. The minimum atomic E-state index is -0.611. The Kier molecular flexibility index (Phi) is 5.64. The van der Waals surface area contributed by atoms with E-state index in [4.69, 9.17) is 16.3 Å². The number of nitrogens with one attached hydrogen (secondary N) is 1. The Hall–Kier alpha value is -2.00. The molecule has 0 spiro atoms. The summed E-state index contributed by atoms with van der Waals surface area (Å²) in [4.78, 5) is 12.5. The van der Waals surface area contributed by atoms with E-state index in [1.54, 1.807) is 19.1 Å². The zero-order valence-electron chi connectivity index (χ0n) is 14.7. The number of halogens is 1. The van der Waals surface area contributed by atoms with E-state index in [1.807, 2.05) is 19.1 Å². The zero-order chi connectivity index (χ0) is 17.8. The van der Waals surface area contributed by atoms with Crippen LogP contribution in [-0.2, 0) is 17.6 Å². The highest BCUT2D eigenvalue weighted by atomic mass is 35.5. The van der Waals surface area contributed by atoms with E-state index in [1.165, 1.54) is 30.4 Å². The molecule has 0 radical (unpaired) electrons. The van der Waals surface area contributed by atoms with Gasteiger partial charge in [-0.15, -0.1) is 0 Å². The Morgan fingerprint density at radius 2 is 1.80 bits per heavy atom. The van der Waals surface area contributed by atoms with Crippen LogP contribution in [0.15, 0.2) is 42.5 Å². The number of para-hydroxylation sites is 1. The van der Waals surface area contributed by atoms with Gasteiger partial charge in [0.2, 0.25) is 0 Å². The number of fused-ring (bicyclic) bond motifs is 1. The van der Waals surface area contributed by atoms with Crippen LogP contribution in [0.1, 0.15) is 49.4 Å². The van der Waals surface area contributed by atoms with E-state index in [2.05, 4.69) is 23.5 Å². The van der Waals surface area contributed by atoms with Crippen LogP contribution in [0, 0.1) is 0 Å². The summed E-state index contributed by atoms with van der Waals surface area (Å²) < 4.78 is 5.69. The predicted octanol–water partition coefficient (Wildman–Crippen LogP) is 4.86. The van der Waals surface area contributed by atoms with Crippen molar-refractivity contribution in [3.63, 3.8) is 0 Å². The van der Waals surface area contributed by atoms with Gasteiger partial charge in [-0.25, -0.2) is 0 Å². The number of hydrogen-bond acceptors (Lipinski definition) is 2. The fourth-order valence-electron chi connectivity index (χ4n) is 3.22. The Balaban J connectivity index is 1.63. The number of aryl methyl sites for hydroxylation is 2. The van der Waals surface area contributed by atoms with Gasteiger partial charge in [0.25, 0.3) is 5.91 Å². The van der Waals surface area contributed by atoms with Gasteiger partial charge in [0, 0.05) is 0 Å². The van der Waals surface area contributed by atoms with Crippen LogP contribution in [0.25, 0.3) is 0 Å². The highest BCUT2D eigenvalue weighted by molar-refractivity contribution is 6.32. The number of benzene rings is 2. The molecular formula is C21H24ClNO2. The van der Waals surface area contributed by atoms with E-state index >= 15 is 0 Å². The Bertz CT molecular complexity index is 759. The average Bonchev–Trinajstić information content (AvgIpc) is 2.63. The molecule has 0 aromatic heterocycles. The number of rotatable bonds is 5. The van der Waals surface area contributed by atoms with Crippen molar-refractivity contribution >= 4 is 17.5 Å². The first-order valence-electron chi connectivity index (χ1n) is 8.88. The molecule has 0 saturated carbocycles. The molecule has 2 aromatic carbocycles. The van der Waals surface area contributed by atoms with Crippen LogP contribution in [-0.4, -0.2) is 12.0 Å². The van der Waals surface area contributed by atoms with Crippen molar-refractivity contribution in [3.05, 3.63) is 64.2 Å². The second-order valence-corrected chi connectivity index (χ2v) is 7.06. The highest BCUT2D eigenvalue weighted by Crippen LogP contribution is 2.26. The number of carbonyl (C=O) groups is 1. The molecule has 3 nitrogen and oxygen atoms in total. The second-order valence-electron chi connectivity index (χ2n) is 6.66. The smallest absolute Gasteiger partial charge is 0.261 e. The van der Waals surface area contributed by atoms with Gasteiger partial charge in [-0.2, -0.15) is 0 Å². The summed E-state index contributed by atoms with van der Waals surface area (Å²) in [5.41, 5.74) is 4.01. The lowest BCUT2D eigenvalue weighted by Gasteiger charge is -2.22. The maximum absolute atomic E-state index is 12.5. The third-order valence-electron chi connectivity index (χ3n) is 4.74. The number of amides is 1. The fourth-order valence-corrected chi connectivity index (χ4v) is 3.40. The van der Waals surface area contributed by atoms with Crippen LogP contribution < -0.4 is 10.1 Å². The largest absolute Gasteiger partial charge is 0.479 e. The van der Waals surface area contributed by atoms with Crippen LogP contribution in [0.2, 0.25) is 5.02 Å². The lowest BCUT2D eigenvalue weighted by Crippen LogP contribution is -2.37. The summed E-state index contributed by atoms with van der Waals surface area (Å²) in [6.07, 6.45) is 4.21. The van der Waals surface area contributed by atoms with Crippen molar-refractivity contribution in [1.82, 2.24) is 5.32 Å². The molecule has 1 amide bonds. The first kappa shape index (κ1) is 17.8. The van der Waals surface area contributed by atoms with Gasteiger partial charge in [-0.3, -0.25) is 4.79 Å². The molecule has 0 saturated heterocycles. The van der Waals surface area contributed by atoms with Crippen molar-refractivity contribution in [1.29, 1.82) is 0 Å². The van der Waals surface area contributed by atoms with E-state index in [0.717, 1.165) is 12.0 Å². The highest BCUT2D eigenvalue weighted by Gasteiger charge is 2.19. The Morgan fingerprint density at radius 3 is 2.56 bits per heavy atom. The van der Waals surface area contributed by atoms with Crippen LogP contribution >= 0.6 is 11.6 Å². The molecule has 1 aliphatic carbocycles. The first-order chi connectivity index (χ1) is 12.0. The van der Waals surface area contributed by atoms with Crippen molar-refractivity contribution < 1.29 is 9.53 Å². The summed E-state index contributed by atoms with van der Waals surface area (Å²) >= 11 is 6.09. The summed E-state index contributed by atoms with van der Waals surface area (Å²) in [6, 6.07) is 13.7. The molecule has 25 heavy (non-hydrogen) atoms. The van der Waals surface area contributed by atoms with Crippen molar-refractivity contribution in [2.75, 3.05) is 0 Å². The molecule has 0 heterocycles. The van der Waals surface area contributed by atoms with Crippen molar-refractivity contribution in [2.24, 2.45) is 0 Å². The molecule has 1 N–H and O–H groups in total. The number of carbonyl (C=O) groups excluding carboxylic acids is 1. The number of ether oxygens (including phenoxy) is 1. The van der Waals surface area contributed by atoms with Crippen molar-refractivity contribution in [2.45, 2.75) is 51.7 Å². The van der Waals surface area contributed by atoms with Gasteiger partial charge in [0.05, 0.1) is 11.1 Å². The standard InChI is InChI=1S/C21H24ClNO2/c1-14(17-12-11-16-7-3-4-8-18(16)13-17)23-21(24)15(2)25-20-10-6-5-9-19(20)22/h5-6,9-15H,3-4,7-8H2,1-2H3,(H,23,24)/t14-,15+/m1/s1. The molecule has 3 rings (SSSR count). The molecule has 0 fully saturated rings. The lowest BCUT2D eigenvalue weighted by atomic mass is 9.89. The SMILES string of the molecule is C[C@H](Oc1ccccc1Cl)C(=O)N[C@H](C)c1ccc2c(c1)CCCC2. The minimum Gasteiger partial charge on any atom is -0.479 e. The van der Waals surface area contributed by atoms with Gasteiger partial charge in [-0.1, -0.05) is 41.9 Å². The quantitative estimate of drug-likeness (QED) is 0.829. The zero-order valence-corrected chi connectivity index (χ0v) is 15.5. The molecular weight excluding hydrogens is 334 g/mol. The van der Waals surface area contributed by atoms with Gasteiger partial charge in [0.1, 0.15) is 5.75 Å². The topological polar surface area (TPSA) is 38.3 Å². The fraction of sp³-hybridized carbons (Fsp3) is 0.381. The van der Waals surface area contributed by atoms with Crippen molar-refractivity contribution in [3.8, 4) is 5.75 Å². The molecule has 4 heteroatoms. The third-order valence-corrected chi connectivity index (χ3v) is 5.05. The van der Waals surface area contributed by atoms with Gasteiger partial charge < -0.3 is 10.1 Å². The molecule has 0 bridgehead atoms. The normalized spacial score (nSPS) is 15.8. The maximum atomic E-state index is 12.5. The molecule has 0 aliphatic heterocycles. The number of hydrogen-bond donors (Lipinski definition) is 1. The molecule has 132 valence electrons. The van der Waals surface area contributed by atoms with Crippen LogP contribution in [0.4, 0.5) is 0 Å². The summed E-state index contributed by atoms with van der Waals surface area (Å²) in [6.45, 7) is 3.74. The van der Waals surface area contributed by atoms with E-state index in [9.17, 15) is 4.79 Å².